The molecule has 0 aliphatic carbocycles. The van der Waals surface area contributed by atoms with E-state index in [-0.39, 0.29) is 12.5 Å². The van der Waals surface area contributed by atoms with Gasteiger partial charge in [0, 0.05) is 20.7 Å². The van der Waals surface area contributed by atoms with Crippen LogP contribution in [0.1, 0.15) is 17.4 Å². The first-order chi connectivity index (χ1) is 8.92. The summed E-state index contributed by atoms with van der Waals surface area (Å²) in [6, 6.07) is 2.59. The highest BCUT2D eigenvalue weighted by atomic mass is 28.3. The van der Waals surface area contributed by atoms with Gasteiger partial charge in [0.2, 0.25) is 5.88 Å². The molecule has 0 unspecified atom stereocenters. The number of aromatic nitrogens is 2. The lowest BCUT2D eigenvalue weighted by Gasteiger charge is -2.15. The second-order valence-electron chi connectivity index (χ2n) is 5.32. The zero-order chi connectivity index (χ0) is 14.3. The van der Waals surface area contributed by atoms with Crippen LogP contribution < -0.4 is 4.74 Å². The number of carbonyl (C=O) groups is 1. The average Bonchev–Trinajstić information content (AvgIpc) is 2.76. The minimum Gasteiger partial charge on any atom is -0.461 e. The predicted molar refractivity (Wildman–Crippen MR) is 74.1 cm³/mol. The summed E-state index contributed by atoms with van der Waals surface area (Å²) in [6.45, 7) is 9.76. The largest absolute Gasteiger partial charge is 0.461 e. The van der Waals surface area contributed by atoms with Crippen LogP contribution in [-0.4, -0.2) is 44.2 Å². The van der Waals surface area contributed by atoms with Crippen LogP contribution >= 0.6 is 0 Å². The number of hydrogen-bond donors (Lipinski definition) is 1. The molecule has 0 aliphatic rings. The van der Waals surface area contributed by atoms with E-state index in [4.69, 9.17) is 14.2 Å². The number of ether oxygens (including phenoxy) is 3. The Morgan fingerprint density at radius 2 is 2.16 bits per heavy atom. The molecule has 0 spiro atoms. The van der Waals surface area contributed by atoms with Crippen molar-refractivity contribution in [2.24, 2.45) is 0 Å². The van der Waals surface area contributed by atoms with E-state index in [1.807, 2.05) is 0 Å². The Bertz CT molecular complexity index is 401. The van der Waals surface area contributed by atoms with E-state index in [1.165, 1.54) is 6.07 Å². The summed E-state index contributed by atoms with van der Waals surface area (Å²) in [5.41, 5.74) is 0.277. The molecule has 0 aromatic carbocycles. The van der Waals surface area contributed by atoms with Crippen molar-refractivity contribution in [3.63, 3.8) is 0 Å². The van der Waals surface area contributed by atoms with Gasteiger partial charge in [-0.1, -0.05) is 19.6 Å². The van der Waals surface area contributed by atoms with Gasteiger partial charge in [-0.25, -0.2) is 4.79 Å². The number of rotatable bonds is 8. The average molecular weight is 286 g/mol. The number of nitrogens with one attached hydrogen (secondary N) is 1. The molecule has 19 heavy (non-hydrogen) atoms. The van der Waals surface area contributed by atoms with Crippen molar-refractivity contribution in [3.05, 3.63) is 11.8 Å². The third-order valence-corrected chi connectivity index (χ3v) is 4.04. The number of esters is 1. The SMILES string of the molecule is CCOC(=O)c1cc(OCOCC[Si](C)(C)C)n[nH]1. The molecule has 0 radical (unpaired) electrons. The Hall–Kier alpha value is -1.34. The Balaban J connectivity index is 2.25. The van der Waals surface area contributed by atoms with Crippen molar-refractivity contribution in [2.75, 3.05) is 20.0 Å². The molecule has 1 N–H and O–H groups in total. The normalized spacial score (nSPS) is 11.4. The molecule has 0 amide bonds. The Morgan fingerprint density at radius 1 is 1.42 bits per heavy atom. The second kappa shape index (κ2) is 7.30. The van der Waals surface area contributed by atoms with Gasteiger partial charge in [-0.2, -0.15) is 0 Å². The number of carbonyl (C=O) groups excluding carboxylic acids is 1. The summed E-state index contributed by atoms with van der Waals surface area (Å²) in [5.74, 6) is -0.111. The van der Waals surface area contributed by atoms with Gasteiger partial charge >= 0.3 is 5.97 Å². The zero-order valence-electron chi connectivity index (χ0n) is 12.0. The van der Waals surface area contributed by atoms with E-state index in [1.54, 1.807) is 6.92 Å². The highest BCUT2D eigenvalue weighted by molar-refractivity contribution is 6.76. The summed E-state index contributed by atoms with van der Waals surface area (Å²) in [7, 11) is -1.07. The van der Waals surface area contributed by atoms with Gasteiger partial charge in [-0.15, -0.1) is 5.10 Å². The maximum absolute atomic E-state index is 11.4. The third-order valence-electron chi connectivity index (χ3n) is 2.34. The van der Waals surface area contributed by atoms with Crippen LogP contribution in [0.5, 0.6) is 5.88 Å². The summed E-state index contributed by atoms with van der Waals surface area (Å²) in [4.78, 5) is 11.4. The van der Waals surface area contributed by atoms with Gasteiger partial charge in [0.1, 0.15) is 5.69 Å². The Labute approximate surface area is 114 Å². The second-order valence-corrected chi connectivity index (χ2v) is 10.9. The first-order valence-corrected chi connectivity index (χ1v) is 10.1. The Kier molecular flexibility index (Phi) is 6.03. The molecule has 0 aliphatic heterocycles. The van der Waals surface area contributed by atoms with Gasteiger partial charge in [0.15, 0.2) is 6.79 Å². The van der Waals surface area contributed by atoms with Gasteiger partial charge in [-0.3, -0.25) is 5.10 Å². The molecular weight excluding hydrogens is 264 g/mol. The zero-order valence-corrected chi connectivity index (χ0v) is 13.0. The van der Waals surface area contributed by atoms with E-state index in [2.05, 4.69) is 29.8 Å². The van der Waals surface area contributed by atoms with Crippen LogP contribution in [0.2, 0.25) is 25.7 Å². The summed E-state index contributed by atoms with van der Waals surface area (Å²) >= 11 is 0. The number of nitrogens with zero attached hydrogens (tertiary/aromatic N) is 1. The van der Waals surface area contributed by atoms with Crippen LogP contribution in [0, 0.1) is 0 Å². The van der Waals surface area contributed by atoms with Crippen molar-refractivity contribution >= 4 is 14.0 Å². The topological polar surface area (TPSA) is 73.4 Å². The first-order valence-electron chi connectivity index (χ1n) is 6.35. The summed E-state index contributed by atoms with van der Waals surface area (Å²) in [6.07, 6.45) is 0. The number of hydrogen-bond acceptors (Lipinski definition) is 5. The van der Waals surface area contributed by atoms with Crippen LogP contribution in [0.3, 0.4) is 0 Å². The first kappa shape index (κ1) is 15.7. The van der Waals surface area contributed by atoms with Gasteiger partial charge in [0.05, 0.1) is 6.61 Å². The van der Waals surface area contributed by atoms with E-state index in [0.717, 1.165) is 6.04 Å². The van der Waals surface area contributed by atoms with Crippen molar-refractivity contribution in [1.29, 1.82) is 0 Å². The lowest BCUT2D eigenvalue weighted by atomic mass is 10.4. The maximum Gasteiger partial charge on any atom is 0.356 e. The Morgan fingerprint density at radius 3 is 2.79 bits per heavy atom. The fraction of sp³-hybridized carbons (Fsp3) is 0.667. The summed E-state index contributed by atoms with van der Waals surface area (Å²) < 4.78 is 15.5. The maximum atomic E-state index is 11.4. The minimum absolute atomic E-state index is 0.137. The van der Waals surface area contributed by atoms with Gasteiger partial charge < -0.3 is 14.2 Å². The monoisotopic (exact) mass is 286 g/mol. The molecular formula is C12H22N2O4Si. The van der Waals surface area contributed by atoms with Crippen molar-refractivity contribution in [3.8, 4) is 5.88 Å². The molecule has 0 fully saturated rings. The minimum atomic E-state index is -1.07. The van der Waals surface area contributed by atoms with E-state index >= 15 is 0 Å². The lowest BCUT2D eigenvalue weighted by Crippen LogP contribution is -2.22. The molecule has 1 aromatic rings. The highest BCUT2D eigenvalue weighted by Gasteiger charge is 2.13. The highest BCUT2D eigenvalue weighted by Crippen LogP contribution is 2.10. The fourth-order valence-electron chi connectivity index (χ4n) is 1.23. The predicted octanol–water partition coefficient (Wildman–Crippen LogP) is 2.28. The van der Waals surface area contributed by atoms with Crippen molar-refractivity contribution < 1.29 is 19.0 Å². The standard InChI is InChI=1S/C12H22N2O4Si/c1-5-17-12(15)10-8-11(14-13-10)18-9-16-6-7-19(2,3)4/h8H,5-7,9H2,1-4H3,(H,13,14). The van der Waals surface area contributed by atoms with Crippen LogP contribution in [0.4, 0.5) is 0 Å². The lowest BCUT2D eigenvalue weighted by molar-refractivity contribution is 0.0192. The molecule has 1 rings (SSSR count). The van der Waals surface area contributed by atoms with Gasteiger partial charge in [0.25, 0.3) is 0 Å². The molecule has 0 atom stereocenters. The molecule has 0 bridgehead atoms. The molecule has 0 saturated heterocycles. The van der Waals surface area contributed by atoms with E-state index in [0.29, 0.717) is 19.1 Å². The third kappa shape index (κ3) is 6.39. The van der Waals surface area contributed by atoms with Crippen LogP contribution in [0.25, 0.3) is 0 Å². The van der Waals surface area contributed by atoms with Crippen LogP contribution in [-0.2, 0) is 9.47 Å². The summed E-state index contributed by atoms with van der Waals surface area (Å²) in [5, 5.41) is 6.40. The molecule has 7 heteroatoms. The fourth-order valence-corrected chi connectivity index (χ4v) is 1.99. The molecule has 1 aromatic heterocycles. The van der Waals surface area contributed by atoms with E-state index in [9.17, 15) is 4.79 Å². The molecule has 6 nitrogen and oxygen atoms in total. The quantitative estimate of drug-likeness (QED) is 0.343. The van der Waals surface area contributed by atoms with Crippen molar-refractivity contribution in [2.45, 2.75) is 32.6 Å². The molecule has 1 heterocycles. The van der Waals surface area contributed by atoms with E-state index < -0.39 is 14.0 Å². The molecule has 108 valence electrons. The van der Waals surface area contributed by atoms with Crippen molar-refractivity contribution in [1.82, 2.24) is 10.2 Å². The number of H-pyrrole nitrogens is 1. The van der Waals surface area contributed by atoms with Gasteiger partial charge in [-0.05, 0) is 13.0 Å². The van der Waals surface area contributed by atoms with Crippen LogP contribution in [0.15, 0.2) is 6.07 Å². The molecule has 0 saturated carbocycles. The number of aromatic amines is 1. The smallest absolute Gasteiger partial charge is 0.356 e.